The zero-order chi connectivity index (χ0) is 12.7. The van der Waals surface area contributed by atoms with E-state index >= 15 is 0 Å². The number of aliphatic hydroxyl groups excluding tert-OH is 1. The van der Waals surface area contributed by atoms with Crippen LogP contribution in [0.25, 0.3) is 0 Å². The molecule has 0 spiro atoms. The van der Waals surface area contributed by atoms with Crippen molar-refractivity contribution in [2.75, 3.05) is 13.2 Å². The van der Waals surface area contributed by atoms with Crippen molar-refractivity contribution in [1.82, 2.24) is 4.98 Å². The maximum absolute atomic E-state index is 11.4. The minimum atomic E-state index is -0.347. The van der Waals surface area contributed by atoms with Gasteiger partial charge in [0.25, 0.3) is 0 Å². The first kappa shape index (κ1) is 14.0. The molecule has 0 radical (unpaired) electrons. The molecule has 4 nitrogen and oxygen atoms in total. The number of nitrogens with zero attached hydrogens (tertiary/aromatic N) is 1. The lowest BCUT2D eigenvalue weighted by molar-refractivity contribution is 0.0525. The smallest absolute Gasteiger partial charge is 0.339 e. The number of esters is 1. The molecule has 1 aromatic rings. The lowest BCUT2D eigenvalue weighted by Crippen LogP contribution is -2.05. The Morgan fingerprint density at radius 2 is 2.35 bits per heavy atom. The Balaban J connectivity index is 2.58. The average Bonchev–Trinajstić information content (AvgIpc) is 2.30. The molecule has 0 amide bonds. The maximum Gasteiger partial charge on any atom is 0.339 e. The van der Waals surface area contributed by atoms with Crippen molar-refractivity contribution in [3.63, 3.8) is 0 Å². The SMILES string of the molecule is CCOC(=O)c1ccc(SC(C)CCO)nc1. The minimum Gasteiger partial charge on any atom is -0.462 e. The monoisotopic (exact) mass is 255 g/mol. The Morgan fingerprint density at radius 3 is 2.88 bits per heavy atom. The number of hydrogen-bond donors (Lipinski definition) is 1. The van der Waals surface area contributed by atoms with Crippen molar-refractivity contribution >= 4 is 17.7 Å². The number of thioether (sulfide) groups is 1. The Morgan fingerprint density at radius 1 is 1.59 bits per heavy atom. The molecule has 0 bridgehead atoms. The van der Waals surface area contributed by atoms with Gasteiger partial charge in [-0.1, -0.05) is 6.92 Å². The van der Waals surface area contributed by atoms with Crippen molar-refractivity contribution in [1.29, 1.82) is 0 Å². The quantitative estimate of drug-likeness (QED) is 0.623. The van der Waals surface area contributed by atoms with Crippen LogP contribution in [0.5, 0.6) is 0 Å². The summed E-state index contributed by atoms with van der Waals surface area (Å²) in [6.45, 7) is 4.34. The van der Waals surface area contributed by atoms with Crippen molar-refractivity contribution < 1.29 is 14.6 Å². The number of ether oxygens (including phenoxy) is 1. The van der Waals surface area contributed by atoms with Crippen LogP contribution in [0.2, 0.25) is 0 Å². The molecule has 1 aromatic heterocycles. The first-order valence-corrected chi connectivity index (χ1v) is 6.46. The molecule has 1 rings (SSSR count). The van der Waals surface area contributed by atoms with Gasteiger partial charge < -0.3 is 9.84 Å². The maximum atomic E-state index is 11.4. The minimum absolute atomic E-state index is 0.176. The van der Waals surface area contributed by atoms with Crippen LogP contribution < -0.4 is 0 Å². The highest BCUT2D eigenvalue weighted by molar-refractivity contribution is 7.99. The fraction of sp³-hybridized carbons (Fsp3) is 0.500. The first-order valence-electron chi connectivity index (χ1n) is 5.58. The second kappa shape index (κ2) is 7.29. The van der Waals surface area contributed by atoms with Crippen LogP contribution in [0.4, 0.5) is 0 Å². The molecule has 1 heterocycles. The van der Waals surface area contributed by atoms with Crippen LogP contribution in [-0.2, 0) is 4.74 Å². The van der Waals surface area contributed by atoms with Gasteiger partial charge in [0.15, 0.2) is 0 Å². The molecule has 0 fully saturated rings. The molecule has 0 saturated carbocycles. The Kier molecular flexibility index (Phi) is 6.00. The van der Waals surface area contributed by atoms with E-state index in [1.54, 1.807) is 30.8 Å². The van der Waals surface area contributed by atoms with Crippen molar-refractivity contribution in [2.24, 2.45) is 0 Å². The number of pyridine rings is 1. The van der Waals surface area contributed by atoms with Gasteiger partial charge in [-0.15, -0.1) is 11.8 Å². The lowest BCUT2D eigenvalue weighted by atomic mass is 10.3. The Hall–Kier alpha value is -1.07. The second-order valence-corrected chi connectivity index (χ2v) is 5.01. The van der Waals surface area contributed by atoms with Gasteiger partial charge in [-0.2, -0.15) is 0 Å². The number of rotatable bonds is 6. The largest absolute Gasteiger partial charge is 0.462 e. The summed E-state index contributed by atoms with van der Waals surface area (Å²) >= 11 is 1.58. The van der Waals surface area contributed by atoms with Gasteiger partial charge >= 0.3 is 5.97 Å². The average molecular weight is 255 g/mol. The molecule has 0 saturated heterocycles. The molecule has 0 aromatic carbocycles. The van der Waals surface area contributed by atoms with Gasteiger partial charge in [0.2, 0.25) is 0 Å². The van der Waals surface area contributed by atoms with Crippen molar-refractivity contribution in [3.8, 4) is 0 Å². The third-order valence-electron chi connectivity index (χ3n) is 2.11. The van der Waals surface area contributed by atoms with E-state index in [9.17, 15) is 4.79 Å². The normalized spacial score (nSPS) is 12.2. The van der Waals surface area contributed by atoms with Crippen LogP contribution in [0.15, 0.2) is 23.4 Å². The number of hydrogen-bond acceptors (Lipinski definition) is 5. The van der Waals surface area contributed by atoms with Crippen LogP contribution >= 0.6 is 11.8 Å². The molecule has 1 unspecified atom stereocenters. The Labute approximate surface area is 105 Å². The summed E-state index contributed by atoms with van der Waals surface area (Å²) in [6.07, 6.45) is 2.25. The van der Waals surface area contributed by atoms with Gasteiger partial charge in [0.1, 0.15) is 0 Å². The van der Waals surface area contributed by atoms with E-state index in [1.807, 2.05) is 6.92 Å². The molecular weight excluding hydrogens is 238 g/mol. The van der Waals surface area contributed by atoms with Crippen LogP contribution in [0, 0.1) is 0 Å². The fourth-order valence-corrected chi connectivity index (χ4v) is 2.13. The summed E-state index contributed by atoms with van der Waals surface area (Å²) in [6, 6.07) is 3.50. The topological polar surface area (TPSA) is 59.4 Å². The van der Waals surface area contributed by atoms with Gasteiger partial charge in [0, 0.05) is 18.1 Å². The van der Waals surface area contributed by atoms with Crippen molar-refractivity contribution in [2.45, 2.75) is 30.5 Å². The molecule has 17 heavy (non-hydrogen) atoms. The third-order valence-corrected chi connectivity index (χ3v) is 3.23. The van der Waals surface area contributed by atoms with Gasteiger partial charge in [-0.25, -0.2) is 9.78 Å². The van der Waals surface area contributed by atoms with E-state index in [1.165, 1.54) is 6.20 Å². The molecule has 0 aliphatic rings. The van der Waals surface area contributed by atoms with Crippen molar-refractivity contribution in [3.05, 3.63) is 23.9 Å². The van der Waals surface area contributed by atoms with Crippen LogP contribution in [0.1, 0.15) is 30.6 Å². The molecule has 1 N–H and O–H groups in total. The van der Waals surface area contributed by atoms with E-state index in [0.717, 1.165) is 11.4 Å². The highest BCUT2D eigenvalue weighted by atomic mass is 32.2. The molecule has 94 valence electrons. The number of carbonyl (C=O) groups excluding carboxylic acids is 1. The predicted molar refractivity (Wildman–Crippen MR) is 67.2 cm³/mol. The molecule has 1 atom stereocenters. The van der Waals surface area contributed by atoms with Gasteiger partial charge in [-0.05, 0) is 25.5 Å². The highest BCUT2D eigenvalue weighted by Gasteiger charge is 2.08. The molecule has 5 heteroatoms. The van der Waals surface area contributed by atoms with Gasteiger partial charge in [-0.3, -0.25) is 0 Å². The summed E-state index contributed by atoms with van der Waals surface area (Å²) < 4.78 is 4.87. The summed E-state index contributed by atoms with van der Waals surface area (Å²) in [4.78, 5) is 15.6. The number of aliphatic hydroxyl groups is 1. The highest BCUT2D eigenvalue weighted by Crippen LogP contribution is 2.22. The summed E-state index contributed by atoms with van der Waals surface area (Å²) in [5.74, 6) is -0.347. The Bertz CT molecular complexity index is 353. The summed E-state index contributed by atoms with van der Waals surface area (Å²) in [5, 5.41) is 9.95. The zero-order valence-corrected chi connectivity index (χ0v) is 10.9. The zero-order valence-electron chi connectivity index (χ0n) is 10.0. The van der Waals surface area contributed by atoms with E-state index < -0.39 is 0 Å². The third kappa shape index (κ3) is 4.75. The fourth-order valence-electron chi connectivity index (χ4n) is 1.23. The lowest BCUT2D eigenvalue weighted by Gasteiger charge is -2.08. The van der Waals surface area contributed by atoms with E-state index in [2.05, 4.69) is 4.98 Å². The molecule has 0 aliphatic carbocycles. The van der Waals surface area contributed by atoms with E-state index in [4.69, 9.17) is 9.84 Å². The molecular formula is C12H17NO3S. The number of carbonyl (C=O) groups is 1. The van der Waals surface area contributed by atoms with E-state index in [0.29, 0.717) is 17.4 Å². The molecule has 0 aliphatic heterocycles. The van der Waals surface area contributed by atoms with E-state index in [-0.39, 0.29) is 12.6 Å². The second-order valence-electron chi connectivity index (χ2n) is 3.55. The standard InChI is InChI=1S/C12H17NO3S/c1-3-16-12(15)10-4-5-11(13-8-10)17-9(2)6-7-14/h4-5,8-9,14H,3,6-7H2,1-2H3. The van der Waals surface area contributed by atoms with Crippen LogP contribution in [0.3, 0.4) is 0 Å². The summed E-state index contributed by atoms with van der Waals surface area (Å²) in [5.41, 5.74) is 0.464. The van der Waals surface area contributed by atoms with Gasteiger partial charge in [0.05, 0.1) is 17.2 Å². The first-order chi connectivity index (χ1) is 8.17. The van der Waals surface area contributed by atoms with Crippen LogP contribution in [-0.4, -0.2) is 34.5 Å². The summed E-state index contributed by atoms with van der Waals surface area (Å²) in [7, 11) is 0. The predicted octanol–water partition coefficient (Wildman–Crippen LogP) is 2.12. The number of aromatic nitrogens is 1.